The van der Waals surface area contributed by atoms with E-state index in [0.717, 1.165) is 0 Å². The van der Waals surface area contributed by atoms with Gasteiger partial charge in [-0.05, 0) is 44.8 Å². The van der Waals surface area contributed by atoms with Crippen LogP contribution in [0.25, 0.3) is 0 Å². The fraction of sp³-hybridized carbons (Fsp3) is 0.462. The lowest BCUT2D eigenvalue weighted by atomic mass is 10.2. The number of carbonyl (C=O) groups excluding carboxylic acids is 1. The van der Waals surface area contributed by atoms with Gasteiger partial charge in [-0.1, -0.05) is 11.6 Å². The normalized spacial score (nSPS) is 11.7. The Morgan fingerprint density at radius 2 is 2.00 bits per heavy atom. The zero-order valence-electron chi connectivity index (χ0n) is 12.3. The van der Waals surface area contributed by atoms with Gasteiger partial charge in [0.15, 0.2) is 0 Å². The molecule has 0 aliphatic carbocycles. The van der Waals surface area contributed by atoms with Crippen molar-refractivity contribution in [3.05, 3.63) is 28.8 Å². The van der Waals surface area contributed by atoms with E-state index in [1.807, 2.05) is 19.0 Å². The highest BCUT2D eigenvalue weighted by Crippen LogP contribution is 2.19. The quantitative estimate of drug-likeness (QED) is 0.766. The number of carbonyl (C=O) groups is 1. The van der Waals surface area contributed by atoms with Crippen LogP contribution in [0.4, 0.5) is 0 Å². The topological polar surface area (TPSA) is 78.5 Å². The fourth-order valence-corrected chi connectivity index (χ4v) is 2.69. The molecule has 1 rings (SSSR count). The number of rotatable bonds is 7. The molecule has 0 fully saturated rings. The Labute approximate surface area is 130 Å². The van der Waals surface area contributed by atoms with Crippen LogP contribution in [0.3, 0.4) is 0 Å². The molecule has 8 heteroatoms. The lowest BCUT2D eigenvalue weighted by Gasteiger charge is -2.11. The minimum atomic E-state index is -3.72. The standard InChI is InChI=1S/C13H20ClN3O3S/c1-10-8-11(4-5-12(10)14)21(19,20)16-9-13(18)15-6-7-17(2)3/h4-5,8,16H,6-7,9H2,1-3H3,(H,15,18). The summed E-state index contributed by atoms with van der Waals surface area (Å²) in [5, 5.41) is 3.13. The molecule has 1 amide bonds. The molecule has 21 heavy (non-hydrogen) atoms. The lowest BCUT2D eigenvalue weighted by Crippen LogP contribution is -2.39. The number of benzene rings is 1. The van der Waals surface area contributed by atoms with Gasteiger partial charge in [0.05, 0.1) is 11.4 Å². The second kappa shape index (κ2) is 7.74. The molecule has 0 atom stereocenters. The van der Waals surface area contributed by atoms with E-state index in [1.165, 1.54) is 18.2 Å². The molecule has 0 aromatic heterocycles. The average Bonchev–Trinajstić information content (AvgIpc) is 2.39. The van der Waals surface area contributed by atoms with E-state index in [1.54, 1.807) is 6.92 Å². The maximum atomic E-state index is 12.0. The number of halogens is 1. The summed E-state index contributed by atoms with van der Waals surface area (Å²) in [6.45, 7) is 2.58. The van der Waals surface area contributed by atoms with Crippen LogP contribution < -0.4 is 10.0 Å². The van der Waals surface area contributed by atoms with Gasteiger partial charge in [-0.2, -0.15) is 0 Å². The van der Waals surface area contributed by atoms with Crippen LogP contribution in [0.5, 0.6) is 0 Å². The van der Waals surface area contributed by atoms with E-state index in [0.29, 0.717) is 23.7 Å². The summed E-state index contributed by atoms with van der Waals surface area (Å²) < 4.78 is 26.3. The molecule has 0 bridgehead atoms. The fourth-order valence-electron chi connectivity index (χ4n) is 1.51. The van der Waals surface area contributed by atoms with Gasteiger partial charge in [-0.15, -0.1) is 0 Å². The molecule has 6 nitrogen and oxygen atoms in total. The highest BCUT2D eigenvalue weighted by atomic mass is 35.5. The zero-order valence-corrected chi connectivity index (χ0v) is 13.9. The third-order valence-electron chi connectivity index (χ3n) is 2.74. The van der Waals surface area contributed by atoms with Crippen LogP contribution in [0, 0.1) is 6.92 Å². The van der Waals surface area contributed by atoms with Crippen molar-refractivity contribution in [3.8, 4) is 0 Å². The molecule has 0 saturated heterocycles. The molecule has 0 saturated carbocycles. The Hall–Kier alpha value is -1.15. The van der Waals surface area contributed by atoms with Crippen LogP contribution in [-0.2, 0) is 14.8 Å². The van der Waals surface area contributed by atoms with Crippen molar-refractivity contribution in [2.24, 2.45) is 0 Å². The average molecular weight is 334 g/mol. The van der Waals surface area contributed by atoms with Gasteiger partial charge in [0.25, 0.3) is 0 Å². The molecule has 0 radical (unpaired) electrons. The molecule has 0 aliphatic heterocycles. The smallest absolute Gasteiger partial charge is 0.241 e. The molecule has 0 spiro atoms. The summed E-state index contributed by atoms with van der Waals surface area (Å²) in [5.74, 6) is -0.369. The molecular formula is C13H20ClN3O3S. The van der Waals surface area contributed by atoms with Gasteiger partial charge in [0, 0.05) is 18.1 Å². The van der Waals surface area contributed by atoms with Gasteiger partial charge in [-0.3, -0.25) is 4.79 Å². The molecule has 1 aromatic rings. The van der Waals surface area contributed by atoms with Gasteiger partial charge in [-0.25, -0.2) is 13.1 Å². The largest absolute Gasteiger partial charge is 0.354 e. The second-order valence-corrected chi connectivity index (χ2v) is 7.06. The molecular weight excluding hydrogens is 314 g/mol. The molecule has 118 valence electrons. The first-order valence-corrected chi connectivity index (χ1v) is 8.26. The maximum absolute atomic E-state index is 12.0. The van der Waals surface area contributed by atoms with Crippen molar-refractivity contribution >= 4 is 27.5 Å². The summed E-state index contributed by atoms with van der Waals surface area (Å²) in [6.07, 6.45) is 0. The van der Waals surface area contributed by atoms with Crippen molar-refractivity contribution in [3.63, 3.8) is 0 Å². The predicted molar refractivity (Wildman–Crippen MR) is 82.9 cm³/mol. The number of hydrogen-bond donors (Lipinski definition) is 2. The number of nitrogens with one attached hydrogen (secondary N) is 2. The summed E-state index contributed by atoms with van der Waals surface area (Å²) in [5.41, 5.74) is 0.662. The molecule has 2 N–H and O–H groups in total. The second-order valence-electron chi connectivity index (χ2n) is 4.89. The minimum absolute atomic E-state index is 0.0884. The van der Waals surface area contributed by atoms with Crippen molar-refractivity contribution in [2.75, 3.05) is 33.7 Å². The first-order chi connectivity index (χ1) is 9.72. The first kappa shape index (κ1) is 17.9. The Balaban J connectivity index is 2.56. The van der Waals surface area contributed by atoms with Gasteiger partial charge >= 0.3 is 0 Å². The Bertz CT molecular complexity index is 603. The molecule has 1 aromatic carbocycles. The Kier molecular flexibility index (Phi) is 6.60. The molecule has 0 unspecified atom stereocenters. The van der Waals surface area contributed by atoms with Gasteiger partial charge in [0.1, 0.15) is 0 Å². The van der Waals surface area contributed by atoms with Crippen LogP contribution in [-0.4, -0.2) is 53.0 Å². The highest BCUT2D eigenvalue weighted by Gasteiger charge is 2.16. The van der Waals surface area contributed by atoms with Crippen LogP contribution in [0.1, 0.15) is 5.56 Å². The van der Waals surface area contributed by atoms with Crippen molar-refractivity contribution in [2.45, 2.75) is 11.8 Å². The Morgan fingerprint density at radius 1 is 1.33 bits per heavy atom. The van der Waals surface area contributed by atoms with Crippen molar-refractivity contribution in [1.82, 2.24) is 14.9 Å². The third kappa shape index (κ3) is 6.01. The van der Waals surface area contributed by atoms with Crippen molar-refractivity contribution < 1.29 is 13.2 Å². The number of sulfonamides is 1. The maximum Gasteiger partial charge on any atom is 0.241 e. The third-order valence-corrected chi connectivity index (χ3v) is 4.57. The summed E-state index contributed by atoms with van der Waals surface area (Å²) in [4.78, 5) is 13.6. The van der Waals surface area contributed by atoms with Crippen LogP contribution in [0.15, 0.2) is 23.1 Å². The minimum Gasteiger partial charge on any atom is -0.354 e. The van der Waals surface area contributed by atoms with E-state index in [-0.39, 0.29) is 17.3 Å². The zero-order chi connectivity index (χ0) is 16.0. The monoisotopic (exact) mass is 333 g/mol. The van der Waals surface area contributed by atoms with E-state index < -0.39 is 10.0 Å². The van der Waals surface area contributed by atoms with Gasteiger partial charge in [0.2, 0.25) is 15.9 Å². The van der Waals surface area contributed by atoms with Crippen LogP contribution in [0.2, 0.25) is 5.02 Å². The summed E-state index contributed by atoms with van der Waals surface area (Å²) in [6, 6.07) is 4.39. The predicted octanol–water partition coefficient (Wildman–Crippen LogP) is 0.605. The number of nitrogens with zero attached hydrogens (tertiary/aromatic N) is 1. The Morgan fingerprint density at radius 3 is 2.57 bits per heavy atom. The number of aryl methyl sites for hydroxylation is 1. The van der Waals surface area contributed by atoms with E-state index >= 15 is 0 Å². The van der Waals surface area contributed by atoms with E-state index in [4.69, 9.17) is 11.6 Å². The van der Waals surface area contributed by atoms with Crippen molar-refractivity contribution in [1.29, 1.82) is 0 Å². The van der Waals surface area contributed by atoms with Gasteiger partial charge < -0.3 is 10.2 Å². The lowest BCUT2D eigenvalue weighted by molar-refractivity contribution is -0.119. The summed E-state index contributed by atoms with van der Waals surface area (Å²) >= 11 is 5.86. The van der Waals surface area contributed by atoms with E-state index in [2.05, 4.69) is 10.0 Å². The molecule has 0 heterocycles. The SMILES string of the molecule is Cc1cc(S(=O)(=O)NCC(=O)NCCN(C)C)ccc1Cl. The number of hydrogen-bond acceptors (Lipinski definition) is 4. The van der Waals surface area contributed by atoms with Crippen LogP contribution >= 0.6 is 11.6 Å². The first-order valence-electron chi connectivity index (χ1n) is 6.39. The highest BCUT2D eigenvalue weighted by molar-refractivity contribution is 7.89. The number of likely N-dealkylation sites (N-methyl/N-ethyl adjacent to an activating group) is 1. The summed E-state index contributed by atoms with van der Waals surface area (Å²) in [7, 11) is 0.0574. The number of amides is 1. The molecule has 0 aliphatic rings. The van der Waals surface area contributed by atoms with E-state index in [9.17, 15) is 13.2 Å².